The van der Waals surface area contributed by atoms with Crippen molar-refractivity contribution in [3.63, 3.8) is 0 Å². The second-order valence-corrected chi connectivity index (χ2v) is 6.21. The van der Waals surface area contributed by atoms with E-state index in [0.717, 1.165) is 12.2 Å². The van der Waals surface area contributed by atoms with Crippen molar-refractivity contribution in [1.29, 1.82) is 0 Å². The number of nitrogens with zero attached hydrogens (tertiary/aromatic N) is 2. The van der Waals surface area contributed by atoms with Crippen LogP contribution in [0.2, 0.25) is 0 Å². The highest BCUT2D eigenvalue weighted by molar-refractivity contribution is 5.88. The van der Waals surface area contributed by atoms with E-state index in [1.165, 1.54) is 32.8 Å². The molecule has 2 unspecified atom stereocenters. The van der Waals surface area contributed by atoms with Gasteiger partial charge < -0.3 is 10.1 Å². The topological polar surface area (TPSA) is 54.5 Å². The van der Waals surface area contributed by atoms with Gasteiger partial charge in [-0.1, -0.05) is 0 Å². The number of fused-ring (bicyclic) bond motifs is 2. The third kappa shape index (κ3) is 3.77. The third-order valence-electron chi connectivity index (χ3n) is 4.73. The molecule has 0 amide bonds. The smallest absolute Gasteiger partial charge is 0.339 e. The molecule has 0 aromatic carbocycles. The number of rotatable bonds is 4. The van der Waals surface area contributed by atoms with E-state index in [-0.39, 0.29) is 18.4 Å². The minimum absolute atomic E-state index is 0. The number of methoxy groups -OCH3 is 1. The zero-order chi connectivity index (χ0) is 14.8. The summed E-state index contributed by atoms with van der Waals surface area (Å²) in [4.78, 5) is 18.2. The first-order valence-electron chi connectivity index (χ1n) is 7.65. The van der Waals surface area contributed by atoms with Gasteiger partial charge >= 0.3 is 5.97 Å². The van der Waals surface area contributed by atoms with Crippen molar-refractivity contribution in [2.45, 2.75) is 50.4 Å². The minimum atomic E-state index is -0.336. The summed E-state index contributed by atoms with van der Waals surface area (Å²) in [6.45, 7) is 0.825. The van der Waals surface area contributed by atoms with Gasteiger partial charge in [0.1, 0.15) is 0 Å². The van der Waals surface area contributed by atoms with Crippen molar-refractivity contribution < 1.29 is 9.53 Å². The molecule has 6 heteroatoms. The number of esters is 1. The molecule has 2 bridgehead atoms. The summed E-state index contributed by atoms with van der Waals surface area (Å²) >= 11 is 0. The van der Waals surface area contributed by atoms with Crippen LogP contribution in [0.15, 0.2) is 18.3 Å². The van der Waals surface area contributed by atoms with Crippen LogP contribution in [0, 0.1) is 0 Å². The van der Waals surface area contributed by atoms with E-state index in [4.69, 9.17) is 0 Å². The number of nitrogens with one attached hydrogen (secondary N) is 1. The molecule has 2 fully saturated rings. The van der Waals surface area contributed by atoms with Gasteiger partial charge in [-0.2, -0.15) is 0 Å². The van der Waals surface area contributed by atoms with Crippen LogP contribution in [-0.4, -0.2) is 48.1 Å². The number of hydrogen-bond acceptors (Lipinski definition) is 5. The Balaban J connectivity index is 0.00000176. The lowest BCUT2D eigenvalue weighted by atomic mass is 9.98. The molecule has 122 valence electrons. The van der Waals surface area contributed by atoms with E-state index in [2.05, 4.69) is 27.0 Å². The number of carbonyl (C=O) groups is 1. The lowest BCUT2D eigenvalue weighted by Crippen LogP contribution is -2.46. The fourth-order valence-corrected chi connectivity index (χ4v) is 3.53. The molecule has 2 atom stereocenters. The van der Waals surface area contributed by atoms with Gasteiger partial charge in [-0.25, -0.2) is 4.79 Å². The van der Waals surface area contributed by atoms with Gasteiger partial charge in [0.25, 0.3) is 0 Å². The van der Waals surface area contributed by atoms with Crippen LogP contribution < -0.4 is 5.32 Å². The predicted molar refractivity (Wildman–Crippen MR) is 87.3 cm³/mol. The summed E-state index contributed by atoms with van der Waals surface area (Å²) in [6, 6.07) is 5.73. The van der Waals surface area contributed by atoms with Gasteiger partial charge in [-0.3, -0.25) is 9.88 Å². The summed E-state index contributed by atoms with van der Waals surface area (Å²) in [5.41, 5.74) is 1.50. The van der Waals surface area contributed by atoms with Crippen molar-refractivity contribution in [1.82, 2.24) is 15.2 Å². The summed E-state index contributed by atoms with van der Waals surface area (Å²) in [5, 5.41) is 3.67. The predicted octanol–water partition coefficient (Wildman–Crippen LogP) is 2.00. The largest absolute Gasteiger partial charge is 0.465 e. The van der Waals surface area contributed by atoms with Crippen LogP contribution in [0.4, 0.5) is 0 Å². The van der Waals surface area contributed by atoms with Crippen molar-refractivity contribution in [3.8, 4) is 0 Å². The van der Waals surface area contributed by atoms with Crippen molar-refractivity contribution in [3.05, 3.63) is 29.6 Å². The summed E-state index contributed by atoms with van der Waals surface area (Å²) in [6.07, 6.45) is 6.70. The van der Waals surface area contributed by atoms with E-state index in [9.17, 15) is 4.79 Å². The maximum atomic E-state index is 11.4. The van der Waals surface area contributed by atoms with E-state index < -0.39 is 0 Å². The summed E-state index contributed by atoms with van der Waals surface area (Å²) < 4.78 is 4.69. The SMILES string of the molecule is COC(=O)c1ccc(CN(C)C2CC3CCC(C2)N3)nc1.Cl. The van der Waals surface area contributed by atoms with Gasteiger partial charge in [-0.05, 0) is 44.9 Å². The quantitative estimate of drug-likeness (QED) is 0.858. The molecule has 1 N–H and O–H groups in total. The first-order chi connectivity index (χ1) is 10.2. The maximum Gasteiger partial charge on any atom is 0.339 e. The number of piperidine rings is 1. The van der Waals surface area contributed by atoms with Crippen molar-refractivity contribution in [2.75, 3.05) is 14.2 Å². The first-order valence-corrected chi connectivity index (χ1v) is 7.65. The number of carbonyl (C=O) groups excluding carboxylic acids is 1. The molecular formula is C16H24ClN3O2. The fourth-order valence-electron chi connectivity index (χ4n) is 3.53. The zero-order valence-electron chi connectivity index (χ0n) is 13.1. The highest BCUT2D eigenvalue weighted by Gasteiger charge is 2.34. The number of ether oxygens (including phenoxy) is 1. The second kappa shape index (κ2) is 7.40. The maximum absolute atomic E-state index is 11.4. The van der Waals surface area contributed by atoms with E-state index in [1.807, 2.05) is 6.07 Å². The Kier molecular flexibility index (Phi) is 5.78. The van der Waals surface area contributed by atoms with E-state index >= 15 is 0 Å². The number of aromatic nitrogens is 1. The Morgan fingerprint density at radius 3 is 2.59 bits per heavy atom. The van der Waals surface area contributed by atoms with Gasteiger partial charge in [0, 0.05) is 30.9 Å². The average Bonchev–Trinajstić information content (AvgIpc) is 2.85. The Morgan fingerprint density at radius 1 is 1.36 bits per heavy atom. The Morgan fingerprint density at radius 2 is 2.05 bits per heavy atom. The highest BCUT2D eigenvalue weighted by atomic mass is 35.5. The van der Waals surface area contributed by atoms with Crippen LogP contribution in [0.25, 0.3) is 0 Å². The molecule has 2 aliphatic rings. The van der Waals surface area contributed by atoms with Gasteiger partial charge in [0.15, 0.2) is 0 Å². The van der Waals surface area contributed by atoms with Crippen LogP contribution in [0.5, 0.6) is 0 Å². The Bertz CT molecular complexity index is 497. The zero-order valence-corrected chi connectivity index (χ0v) is 13.9. The van der Waals surface area contributed by atoms with Crippen molar-refractivity contribution >= 4 is 18.4 Å². The molecule has 3 heterocycles. The number of hydrogen-bond donors (Lipinski definition) is 1. The van der Waals surface area contributed by atoms with Gasteiger partial charge in [-0.15, -0.1) is 12.4 Å². The molecule has 0 radical (unpaired) electrons. The molecule has 2 aliphatic heterocycles. The standard InChI is InChI=1S/C16H23N3O2.ClH/c1-19(15-7-12-5-6-13(8-15)18-12)10-14-4-3-11(9-17-14)16(20)21-2;/h3-4,9,12-13,15,18H,5-8,10H2,1-2H3;1H. The van der Waals surface area contributed by atoms with E-state index in [1.54, 1.807) is 12.3 Å². The molecule has 22 heavy (non-hydrogen) atoms. The normalized spacial score (nSPS) is 26.6. The number of halogens is 1. The minimum Gasteiger partial charge on any atom is -0.465 e. The Labute approximate surface area is 137 Å². The van der Waals surface area contributed by atoms with Crippen LogP contribution >= 0.6 is 12.4 Å². The third-order valence-corrected chi connectivity index (χ3v) is 4.73. The van der Waals surface area contributed by atoms with Crippen LogP contribution in [0.1, 0.15) is 41.7 Å². The molecule has 1 aromatic rings. The molecule has 5 nitrogen and oxygen atoms in total. The fraction of sp³-hybridized carbons (Fsp3) is 0.625. The average molecular weight is 326 g/mol. The van der Waals surface area contributed by atoms with Gasteiger partial charge in [0.05, 0.1) is 18.4 Å². The van der Waals surface area contributed by atoms with Crippen LogP contribution in [0.3, 0.4) is 0 Å². The van der Waals surface area contributed by atoms with Crippen LogP contribution in [-0.2, 0) is 11.3 Å². The Hall–Kier alpha value is -1.17. The molecule has 0 aliphatic carbocycles. The van der Waals surface area contributed by atoms with Gasteiger partial charge in [0.2, 0.25) is 0 Å². The molecule has 2 saturated heterocycles. The molecular weight excluding hydrogens is 302 g/mol. The lowest BCUT2D eigenvalue weighted by Gasteiger charge is -2.35. The van der Waals surface area contributed by atoms with Crippen molar-refractivity contribution in [2.24, 2.45) is 0 Å². The second-order valence-electron chi connectivity index (χ2n) is 6.21. The molecule has 3 rings (SSSR count). The number of pyridine rings is 1. The summed E-state index contributed by atoms with van der Waals surface area (Å²) in [5.74, 6) is -0.336. The monoisotopic (exact) mass is 325 g/mol. The first kappa shape index (κ1) is 17.2. The summed E-state index contributed by atoms with van der Waals surface area (Å²) in [7, 11) is 3.56. The molecule has 0 spiro atoms. The molecule has 0 saturated carbocycles. The lowest BCUT2D eigenvalue weighted by molar-refractivity contribution is 0.0600. The molecule has 1 aromatic heterocycles. The van der Waals surface area contributed by atoms with E-state index in [0.29, 0.717) is 23.7 Å². The highest BCUT2D eigenvalue weighted by Crippen LogP contribution is 2.29.